The Balaban J connectivity index is 3.09. The molecule has 1 aromatic rings. The minimum absolute atomic E-state index is 0.345. The van der Waals surface area contributed by atoms with Crippen molar-refractivity contribution in [2.45, 2.75) is 6.61 Å². The highest BCUT2D eigenvalue weighted by Gasteiger charge is 2.06. The molecule has 4 heteroatoms. The van der Waals surface area contributed by atoms with Crippen molar-refractivity contribution in [1.82, 2.24) is 0 Å². The van der Waals surface area contributed by atoms with Crippen LogP contribution in [0.25, 0.3) is 0 Å². The summed E-state index contributed by atoms with van der Waals surface area (Å²) in [6.45, 7) is 0.345. The Labute approximate surface area is 83.6 Å². The molecular weight excluding hydrogens is 246 g/mol. The van der Waals surface area contributed by atoms with E-state index in [1.165, 1.54) is 6.07 Å². The third kappa shape index (κ3) is 2.19. The first-order valence-electron chi connectivity index (χ1n) is 3.27. The summed E-state index contributed by atoms with van der Waals surface area (Å²) in [6.07, 6.45) is 0. The molecule has 0 atom stereocenters. The first-order valence-corrected chi connectivity index (χ1v) is 4.44. The highest BCUT2D eigenvalue weighted by atomic mass is 79.9. The molecule has 1 nitrogen and oxygen atoms in total. The van der Waals surface area contributed by atoms with Gasteiger partial charge in [-0.25, -0.2) is 4.39 Å². The molecule has 12 heavy (non-hydrogen) atoms. The quantitative estimate of drug-likeness (QED) is 0.734. The Hall–Kier alpha value is -0.120. The molecule has 0 saturated heterocycles. The van der Waals surface area contributed by atoms with Crippen LogP contribution in [-0.2, 0) is 11.3 Å². The van der Waals surface area contributed by atoms with E-state index in [9.17, 15) is 4.39 Å². The second kappa shape index (κ2) is 4.21. The van der Waals surface area contributed by atoms with Gasteiger partial charge in [-0.2, -0.15) is 0 Å². The molecule has 0 heterocycles. The van der Waals surface area contributed by atoms with E-state index in [-0.39, 0.29) is 5.82 Å². The van der Waals surface area contributed by atoms with Crippen molar-refractivity contribution in [2.24, 2.45) is 0 Å². The molecule has 0 bridgehead atoms. The largest absolute Gasteiger partial charge is 0.380 e. The monoisotopic (exact) mass is 252 g/mol. The Morgan fingerprint density at radius 2 is 2.25 bits per heavy atom. The topological polar surface area (TPSA) is 9.23 Å². The summed E-state index contributed by atoms with van der Waals surface area (Å²) in [7, 11) is 1.55. The molecule has 0 fully saturated rings. The fourth-order valence-electron chi connectivity index (χ4n) is 0.870. The van der Waals surface area contributed by atoms with Crippen molar-refractivity contribution in [3.8, 4) is 0 Å². The van der Waals surface area contributed by atoms with Crippen molar-refractivity contribution in [1.29, 1.82) is 0 Å². The lowest BCUT2D eigenvalue weighted by molar-refractivity contribution is 0.184. The van der Waals surface area contributed by atoms with Gasteiger partial charge in [-0.05, 0) is 33.6 Å². The maximum atomic E-state index is 13.0. The van der Waals surface area contributed by atoms with Gasteiger partial charge in [0.2, 0.25) is 0 Å². The average Bonchev–Trinajstić information content (AvgIpc) is 2.00. The smallest absolute Gasteiger partial charge is 0.139 e. The number of hydrogen-bond donors (Lipinski definition) is 0. The summed E-state index contributed by atoms with van der Waals surface area (Å²) in [5.41, 5.74) is 0.711. The van der Waals surface area contributed by atoms with Gasteiger partial charge in [0.15, 0.2) is 0 Å². The molecule has 0 aromatic heterocycles. The third-order valence-electron chi connectivity index (χ3n) is 1.37. The normalized spacial score (nSPS) is 10.3. The lowest BCUT2D eigenvalue weighted by Gasteiger charge is -2.04. The van der Waals surface area contributed by atoms with E-state index < -0.39 is 0 Å². The predicted molar refractivity (Wildman–Crippen MR) is 49.8 cm³/mol. The molecule has 0 saturated carbocycles. The number of rotatable bonds is 2. The average molecular weight is 253 g/mol. The van der Waals surface area contributed by atoms with Gasteiger partial charge >= 0.3 is 0 Å². The van der Waals surface area contributed by atoms with E-state index in [0.29, 0.717) is 21.7 Å². The number of hydrogen-bond acceptors (Lipinski definition) is 1. The Kier molecular flexibility index (Phi) is 3.50. The Morgan fingerprint density at radius 3 is 2.83 bits per heavy atom. The molecule has 0 aliphatic rings. The molecule has 0 amide bonds. The zero-order valence-electron chi connectivity index (χ0n) is 6.40. The molecule has 0 radical (unpaired) electrons. The molecule has 0 aliphatic carbocycles. The maximum absolute atomic E-state index is 13.0. The van der Waals surface area contributed by atoms with Gasteiger partial charge in [-0.1, -0.05) is 11.6 Å². The molecule has 1 rings (SSSR count). The van der Waals surface area contributed by atoms with Crippen LogP contribution in [0.2, 0.25) is 5.02 Å². The number of methoxy groups -OCH3 is 1. The Morgan fingerprint density at radius 1 is 1.58 bits per heavy atom. The fraction of sp³-hybridized carbons (Fsp3) is 0.250. The van der Waals surface area contributed by atoms with Gasteiger partial charge in [0.1, 0.15) is 5.82 Å². The van der Waals surface area contributed by atoms with E-state index in [1.54, 1.807) is 13.2 Å². The van der Waals surface area contributed by atoms with Crippen LogP contribution < -0.4 is 0 Å². The maximum Gasteiger partial charge on any atom is 0.139 e. The first kappa shape index (κ1) is 9.96. The van der Waals surface area contributed by atoms with Crippen molar-refractivity contribution in [3.05, 3.63) is 33.0 Å². The van der Waals surface area contributed by atoms with Crippen LogP contribution in [-0.4, -0.2) is 7.11 Å². The summed E-state index contributed by atoms with van der Waals surface area (Å²) in [6, 6.07) is 2.92. The SMILES string of the molecule is COCc1cc(Cl)cc(F)c1Br. The second-order valence-electron chi connectivity index (χ2n) is 2.29. The minimum atomic E-state index is -0.366. The lowest BCUT2D eigenvalue weighted by atomic mass is 10.2. The van der Waals surface area contributed by atoms with E-state index in [1.807, 2.05) is 0 Å². The van der Waals surface area contributed by atoms with Crippen LogP contribution in [0.15, 0.2) is 16.6 Å². The standard InChI is InChI=1S/C8H7BrClFO/c1-12-4-5-2-6(10)3-7(11)8(5)9/h2-3H,4H2,1H3. The van der Waals surface area contributed by atoms with Crippen LogP contribution in [0.5, 0.6) is 0 Å². The zero-order valence-corrected chi connectivity index (χ0v) is 8.75. The fourth-order valence-corrected chi connectivity index (χ4v) is 1.44. The van der Waals surface area contributed by atoms with Crippen LogP contribution in [0.4, 0.5) is 4.39 Å². The van der Waals surface area contributed by atoms with Crippen LogP contribution in [0, 0.1) is 5.82 Å². The third-order valence-corrected chi connectivity index (χ3v) is 2.47. The van der Waals surface area contributed by atoms with E-state index in [0.717, 1.165) is 0 Å². The van der Waals surface area contributed by atoms with Crippen LogP contribution in [0.3, 0.4) is 0 Å². The van der Waals surface area contributed by atoms with E-state index in [2.05, 4.69) is 15.9 Å². The second-order valence-corrected chi connectivity index (χ2v) is 3.52. The van der Waals surface area contributed by atoms with Gasteiger partial charge in [-0.3, -0.25) is 0 Å². The molecule has 0 spiro atoms. The molecule has 0 aliphatic heterocycles. The summed E-state index contributed by atoms with van der Waals surface area (Å²) >= 11 is 8.74. The molecule has 0 N–H and O–H groups in total. The summed E-state index contributed by atoms with van der Waals surface area (Å²) in [5, 5.41) is 0.378. The van der Waals surface area contributed by atoms with Crippen molar-refractivity contribution >= 4 is 27.5 Å². The molecule has 66 valence electrons. The van der Waals surface area contributed by atoms with Crippen LogP contribution in [0.1, 0.15) is 5.56 Å². The number of halogens is 3. The zero-order chi connectivity index (χ0) is 9.14. The van der Waals surface area contributed by atoms with Gasteiger partial charge in [0.25, 0.3) is 0 Å². The van der Waals surface area contributed by atoms with Crippen molar-refractivity contribution < 1.29 is 9.13 Å². The summed E-state index contributed by atoms with van der Waals surface area (Å²) in [5.74, 6) is -0.366. The van der Waals surface area contributed by atoms with Gasteiger partial charge < -0.3 is 4.74 Å². The van der Waals surface area contributed by atoms with Crippen molar-refractivity contribution in [3.63, 3.8) is 0 Å². The summed E-state index contributed by atoms with van der Waals surface area (Å²) < 4.78 is 18.3. The van der Waals surface area contributed by atoms with Gasteiger partial charge in [-0.15, -0.1) is 0 Å². The lowest BCUT2D eigenvalue weighted by Crippen LogP contribution is -1.91. The molecule has 1 aromatic carbocycles. The Bertz CT molecular complexity index is 291. The minimum Gasteiger partial charge on any atom is -0.380 e. The molecular formula is C8H7BrClFO. The van der Waals surface area contributed by atoms with Gasteiger partial charge in [0, 0.05) is 12.1 Å². The van der Waals surface area contributed by atoms with Crippen LogP contribution >= 0.6 is 27.5 Å². The van der Waals surface area contributed by atoms with Gasteiger partial charge in [0.05, 0.1) is 11.1 Å². The molecule has 0 unspecified atom stereocenters. The highest BCUT2D eigenvalue weighted by molar-refractivity contribution is 9.10. The van der Waals surface area contributed by atoms with E-state index >= 15 is 0 Å². The predicted octanol–water partition coefficient (Wildman–Crippen LogP) is 3.39. The first-order chi connectivity index (χ1) is 5.65. The van der Waals surface area contributed by atoms with Crippen molar-refractivity contribution in [2.75, 3.05) is 7.11 Å². The highest BCUT2D eigenvalue weighted by Crippen LogP contribution is 2.25. The number of ether oxygens (including phenoxy) is 1. The summed E-state index contributed by atoms with van der Waals surface area (Å²) in [4.78, 5) is 0. The number of benzene rings is 1. The van der Waals surface area contributed by atoms with E-state index in [4.69, 9.17) is 16.3 Å².